The highest BCUT2D eigenvalue weighted by Gasteiger charge is 2.45. The maximum atomic E-state index is 11.5. The van der Waals surface area contributed by atoms with Gasteiger partial charge in [-0.3, -0.25) is 4.79 Å². The molecular weight excluding hydrogens is 360 g/mol. The van der Waals surface area contributed by atoms with Gasteiger partial charge >= 0.3 is 5.97 Å². The maximum absolute atomic E-state index is 11.5. The third-order valence-electron chi connectivity index (χ3n) is 3.93. The number of nitrogens with zero attached hydrogens (tertiary/aromatic N) is 4. The molecule has 1 aliphatic rings. The van der Waals surface area contributed by atoms with Crippen LogP contribution in [0.2, 0.25) is 5.02 Å². The first-order valence-electron chi connectivity index (χ1n) is 6.47. The number of carboxylic acids is 1. The van der Waals surface area contributed by atoms with Crippen molar-refractivity contribution in [1.82, 2.24) is 20.2 Å². The Hall–Kier alpha value is -1.47. The van der Waals surface area contributed by atoms with Gasteiger partial charge in [-0.15, -0.1) is 5.10 Å². The first kappa shape index (κ1) is 14.5. The number of tetrazole rings is 1. The van der Waals surface area contributed by atoms with Crippen molar-refractivity contribution >= 4 is 33.5 Å². The zero-order valence-corrected chi connectivity index (χ0v) is 13.3. The van der Waals surface area contributed by atoms with Gasteiger partial charge in [0.05, 0.1) is 17.0 Å². The Kier molecular flexibility index (Phi) is 3.71. The Balaban J connectivity index is 1.94. The second-order valence-electron chi connectivity index (χ2n) is 5.23. The van der Waals surface area contributed by atoms with Crippen molar-refractivity contribution in [2.75, 3.05) is 0 Å². The minimum atomic E-state index is -0.788. The smallest absolute Gasteiger partial charge is 0.311 e. The van der Waals surface area contributed by atoms with E-state index in [2.05, 4.69) is 31.5 Å². The fourth-order valence-electron chi connectivity index (χ4n) is 2.48. The fraction of sp³-hybridized carbons (Fsp3) is 0.385. The lowest BCUT2D eigenvalue weighted by atomic mass is 9.69. The average Bonchev–Trinajstić information content (AvgIpc) is 2.84. The molecule has 0 unspecified atom stereocenters. The maximum Gasteiger partial charge on any atom is 0.311 e. The van der Waals surface area contributed by atoms with Crippen molar-refractivity contribution in [3.63, 3.8) is 0 Å². The number of hydrogen-bond acceptors (Lipinski definition) is 4. The molecule has 0 saturated heterocycles. The number of carbonyl (C=O) groups is 1. The van der Waals surface area contributed by atoms with Gasteiger partial charge in [-0.2, -0.15) is 0 Å². The summed E-state index contributed by atoms with van der Waals surface area (Å²) in [6.07, 6.45) is 2.24. The Bertz CT molecular complexity index is 699. The van der Waals surface area contributed by atoms with Crippen LogP contribution in [0.15, 0.2) is 22.7 Å². The van der Waals surface area contributed by atoms with Crippen molar-refractivity contribution in [2.24, 2.45) is 5.41 Å². The highest BCUT2D eigenvalue weighted by atomic mass is 79.9. The van der Waals surface area contributed by atoms with Gasteiger partial charge in [0.15, 0.2) is 5.82 Å². The van der Waals surface area contributed by atoms with Crippen LogP contribution in [0.1, 0.15) is 19.3 Å². The van der Waals surface area contributed by atoms with Crippen LogP contribution in [0.3, 0.4) is 0 Å². The number of aromatic nitrogens is 4. The molecule has 3 rings (SSSR count). The van der Waals surface area contributed by atoms with Crippen molar-refractivity contribution in [1.29, 1.82) is 0 Å². The predicted molar refractivity (Wildman–Crippen MR) is 79.9 cm³/mol. The third-order valence-corrected chi connectivity index (χ3v) is 5.16. The lowest BCUT2D eigenvalue weighted by molar-refractivity contribution is -0.156. The van der Waals surface area contributed by atoms with Gasteiger partial charge in [0.25, 0.3) is 0 Å². The highest BCUT2D eigenvalue weighted by Crippen LogP contribution is 2.43. The van der Waals surface area contributed by atoms with Gasteiger partial charge in [-0.25, -0.2) is 4.68 Å². The van der Waals surface area contributed by atoms with Crippen LogP contribution in [0.5, 0.6) is 0 Å². The summed E-state index contributed by atoms with van der Waals surface area (Å²) in [6, 6.07) is 5.40. The Morgan fingerprint density at radius 2 is 2.24 bits per heavy atom. The number of carboxylic acid groups (broad SMARTS) is 1. The molecule has 1 aliphatic carbocycles. The van der Waals surface area contributed by atoms with Crippen molar-refractivity contribution in [3.05, 3.63) is 27.7 Å². The van der Waals surface area contributed by atoms with Gasteiger partial charge in [0.2, 0.25) is 0 Å². The molecule has 1 aromatic heterocycles. The number of hydrogen-bond donors (Lipinski definition) is 1. The van der Waals surface area contributed by atoms with Crippen LogP contribution >= 0.6 is 27.5 Å². The molecule has 1 heterocycles. The predicted octanol–water partition coefficient (Wildman–Crippen LogP) is 3.01. The van der Waals surface area contributed by atoms with Crippen LogP contribution < -0.4 is 0 Å². The summed E-state index contributed by atoms with van der Waals surface area (Å²) in [4.78, 5) is 11.5. The van der Waals surface area contributed by atoms with Gasteiger partial charge in [0, 0.05) is 10.0 Å². The first-order chi connectivity index (χ1) is 10.0. The van der Waals surface area contributed by atoms with Crippen LogP contribution in [-0.2, 0) is 11.3 Å². The number of benzene rings is 1. The SMILES string of the molecule is O=C(O)C1(Cn2nnnc2-c2ccc(Br)c(Cl)c2)CCC1. The van der Waals surface area contributed by atoms with Crippen LogP contribution in [0.4, 0.5) is 0 Å². The van der Waals surface area contributed by atoms with E-state index in [1.54, 1.807) is 10.7 Å². The van der Waals surface area contributed by atoms with Gasteiger partial charge in [0.1, 0.15) is 0 Å². The molecule has 1 N–H and O–H groups in total. The van der Waals surface area contributed by atoms with Crippen molar-refractivity contribution in [3.8, 4) is 11.4 Å². The van der Waals surface area contributed by atoms with Gasteiger partial charge in [-0.1, -0.05) is 18.0 Å². The zero-order chi connectivity index (χ0) is 15.0. The zero-order valence-electron chi connectivity index (χ0n) is 11.0. The monoisotopic (exact) mass is 370 g/mol. The fourth-order valence-corrected chi connectivity index (χ4v) is 2.91. The molecule has 0 bridgehead atoms. The summed E-state index contributed by atoms with van der Waals surface area (Å²) in [5.41, 5.74) is 0.0107. The summed E-state index contributed by atoms with van der Waals surface area (Å²) in [7, 11) is 0. The topological polar surface area (TPSA) is 80.9 Å². The van der Waals surface area contributed by atoms with E-state index in [1.807, 2.05) is 12.1 Å². The Morgan fingerprint density at radius 1 is 1.48 bits per heavy atom. The number of aliphatic carboxylic acids is 1. The first-order valence-corrected chi connectivity index (χ1v) is 7.64. The number of rotatable bonds is 4. The van der Waals surface area contributed by atoms with Gasteiger partial charge in [-0.05, 0) is 57.4 Å². The largest absolute Gasteiger partial charge is 0.481 e. The van der Waals surface area contributed by atoms with Crippen LogP contribution in [0.25, 0.3) is 11.4 Å². The van der Waals surface area contributed by atoms with E-state index >= 15 is 0 Å². The van der Waals surface area contributed by atoms with E-state index in [4.69, 9.17) is 11.6 Å². The van der Waals surface area contributed by atoms with E-state index in [0.29, 0.717) is 23.7 Å². The molecule has 0 amide bonds. The van der Waals surface area contributed by atoms with E-state index in [1.165, 1.54) is 0 Å². The Labute approximate surface area is 134 Å². The molecule has 0 atom stereocenters. The minimum Gasteiger partial charge on any atom is -0.481 e. The molecule has 8 heteroatoms. The number of halogens is 2. The molecule has 110 valence electrons. The quantitative estimate of drug-likeness (QED) is 0.893. The molecule has 0 radical (unpaired) electrons. The van der Waals surface area contributed by atoms with Crippen molar-refractivity contribution < 1.29 is 9.90 Å². The molecule has 1 fully saturated rings. The van der Waals surface area contributed by atoms with Gasteiger partial charge < -0.3 is 5.11 Å². The minimum absolute atomic E-state index is 0.276. The summed E-state index contributed by atoms with van der Waals surface area (Å²) >= 11 is 9.42. The molecule has 0 spiro atoms. The molecule has 2 aromatic rings. The van der Waals surface area contributed by atoms with E-state index in [0.717, 1.165) is 16.5 Å². The van der Waals surface area contributed by atoms with E-state index < -0.39 is 11.4 Å². The normalized spacial score (nSPS) is 16.5. The van der Waals surface area contributed by atoms with Crippen molar-refractivity contribution in [2.45, 2.75) is 25.8 Å². The molecule has 1 aromatic carbocycles. The summed E-state index contributed by atoms with van der Waals surface area (Å²) in [6.45, 7) is 0.276. The molecule has 6 nitrogen and oxygen atoms in total. The third kappa shape index (κ3) is 2.55. The van der Waals surface area contributed by atoms with Crippen LogP contribution in [-0.4, -0.2) is 31.3 Å². The van der Waals surface area contributed by atoms with E-state index in [-0.39, 0.29) is 6.54 Å². The Morgan fingerprint density at radius 3 is 2.81 bits per heavy atom. The summed E-state index contributed by atoms with van der Waals surface area (Å²) in [5.74, 6) is -0.263. The molecule has 21 heavy (non-hydrogen) atoms. The highest BCUT2D eigenvalue weighted by molar-refractivity contribution is 9.10. The second-order valence-corrected chi connectivity index (χ2v) is 6.49. The lowest BCUT2D eigenvalue weighted by Crippen LogP contribution is -2.42. The molecule has 0 aliphatic heterocycles. The standard InChI is InChI=1S/C13H12BrClN4O2/c14-9-3-2-8(6-10(9)15)11-16-17-18-19(11)7-13(12(20)21)4-1-5-13/h2-3,6H,1,4-5,7H2,(H,20,21). The molecular formula is C13H12BrClN4O2. The summed E-state index contributed by atoms with van der Waals surface area (Å²) in [5, 5.41) is 21.6. The second kappa shape index (κ2) is 5.38. The summed E-state index contributed by atoms with van der Waals surface area (Å²) < 4.78 is 2.33. The lowest BCUT2D eigenvalue weighted by Gasteiger charge is -2.37. The average molecular weight is 372 g/mol. The molecule has 1 saturated carbocycles. The van der Waals surface area contributed by atoms with E-state index in [9.17, 15) is 9.90 Å². The van der Waals surface area contributed by atoms with Crippen LogP contribution in [0, 0.1) is 5.41 Å².